The zero-order chi connectivity index (χ0) is 13.8. The molecule has 0 N–H and O–H groups in total. The molecule has 0 aromatic heterocycles. The fourth-order valence-electron chi connectivity index (χ4n) is 2.60. The summed E-state index contributed by atoms with van der Waals surface area (Å²) in [6.07, 6.45) is 1.58. The molecule has 0 atom stereocenters. The van der Waals surface area contributed by atoms with Crippen molar-refractivity contribution >= 4 is 27.8 Å². The number of carbonyl (C=O) groups is 2. The summed E-state index contributed by atoms with van der Waals surface area (Å²) in [7, 11) is 0. The molecule has 0 unspecified atom stereocenters. The standard InChI is InChI=1S/C13H11BrFNO3/c1-7(17)19-16-6-13(4-5-13)10-8(12(16)18)2-3-9(14)11(10)15/h2-3H,4-6H2,1H3. The summed E-state index contributed by atoms with van der Waals surface area (Å²) >= 11 is 3.14. The molecule has 1 spiro atoms. The zero-order valence-corrected chi connectivity index (χ0v) is 11.8. The van der Waals surface area contributed by atoms with Crippen molar-refractivity contribution in [1.82, 2.24) is 5.06 Å². The highest BCUT2D eigenvalue weighted by molar-refractivity contribution is 9.10. The van der Waals surface area contributed by atoms with Crippen molar-refractivity contribution < 1.29 is 18.8 Å². The molecular formula is C13H11BrFNO3. The van der Waals surface area contributed by atoms with Crippen LogP contribution in [0.1, 0.15) is 35.7 Å². The molecule has 0 radical (unpaired) electrons. The Kier molecular flexibility index (Phi) is 2.67. The van der Waals surface area contributed by atoms with Crippen LogP contribution in [0.25, 0.3) is 0 Å². The number of carbonyl (C=O) groups excluding carboxylic acids is 2. The molecule has 1 aliphatic carbocycles. The van der Waals surface area contributed by atoms with Gasteiger partial charge >= 0.3 is 5.97 Å². The van der Waals surface area contributed by atoms with Crippen LogP contribution in [0.4, 0.5) is 4.39 Å². The Labute approximate surface area is 117 Å². The fourth-order valence-corrected chi connectivity index (χ4v) is 2.93. The Morgan fingerprint density at radius 3 is 2.74 bits per heavy atom. The average Bonchev–Trinajstić information content (AvgIpc) is 3.09. The lowest BCUT2D eigenvalue weighted by Crippen LogP contribution is -2.44. The first-order chi connectivity index (χ1) is 8.94. The molecule has 2 aliphatic rings. The smallest absolute Gasteiger partial charge is 0.329 e. The molecule has 1 aromatic rings. The summed E-state index contributed by atoms with van der Waals surface area (Å²) < 4.78 is 14.6. The number of rotatable bonds is 1. The molecule has 1 fully saturated rings. The first-order valence-corrected chi connectivity index (χ1v) is 6.73. The Balaban J connectivity index is 2.11. The summed E-state index contributed by atoms with van der Waals surface area (Å²) in [5.74, 6) is -1.40. The average molecular weight is 328 g/mol. The number of hydroxylamine groups is 2. The molecule has 1 aliphatic heterocycles. The lowest BCUT2D eigenvalue weighted by molar-refractivity contribution is -0.177. The lowest BCUT2D eigenvalue weighted by atomic mass is 9.87. The van der Waals surface area contributed by atoms with Gasteiger partial charge < -0.3 is 4.84 Å². The van der Waals surface area contributed by atoms with Crippen LogP contribution in [0.2, 0.25) is 0 Å². The molecule has 0 bridgehead atoms. The van der Waals surface area contributed by atoms with Crippen molar-refractivity contribution in [3.63, 3.8) is 0 Å². The van der Waals surface area contributed by atoms with Gasteiger partial charge in [-0.15, -0.1) is 0 Å². The minimum atomic E-state index is -0.551. The van der Waals surface area contributed by atoms with Gasteiger partial charge in [-0.1, -0.05) is 0 Å². The number of hydrogen-bond donors (Lipinski definition) is 0. The molecular weight excluding hydrogens is 317 g/mol. The summed E-state index contributed by atoms with van der Waals surface area (Å²) in [6.45, 7) is 1.47. The van der Waals surface area contributed by atoms with Crippen LogP contribution in [-0.4, -0.2) is 23.5 Å². The van der Waals surface area contributed by atoms with Crippen molar-refractivity contribution in [2.24, 2.45) is 0 Å². The molecule has 1 heterocycles. The lowest BCUT2D eigenvalue weighted by Gasteiger charge is -2.33. The van der Waals surface area contributed by atoms with Crippen LogP contribution in [0.15, 0.2) is 16.6 Å². The largest absolute Gasteiger partial charge is 0.338 e. The predicted molar refractivity (Wildman–Crippen MR) is 67.8 cm³/mol. The predicted octanol–water partition coefficient (Wildman–Crippen LogP) is 2.55. The molecule has 0 saturated heterocycles. The maximum Gasteiger partial charge on any atom is 0.329 e. The van der Waals surface area contributed by atoms with Crippen LogP contribution in [0.5, 0.6) is 0 Å². The molecule has 1 saturated carbocycles. The van der Waals surface area contributed by atoms with Gasteiger partial charge in [0.1, 0.15) is 5.82 Å². The minimum absolute atomic E-state index is 0.228. The molecule has 4 nitrogen and oxygen atoms in total. The van der Waals surface area contributed by atoms with Gasteiger partial charge in [-0.2, -0.15) is 5.06 Å². The minimum Gasteiger partial charge on any atom is -0.338 e. The van der Waals surface area contributed by atoms with E-state index in [0.29, 0.717) is 10.0 Å². The van der Waals surface area contributed by atoms with Crippen molar-refractivity contribution in [2.75, 3.05) is 6.54 Å². The second-order valence-electron chi connectivity index (χ2n) is 4.99. The SMILES string of the molecule is CC(=O)ON1CC2(CC2)c2c(ccc(Br)c2F)C1=O. The Bertz CT molecular complexity index is 598. The van der Waals surface area contributed by atoms with E-state index >= 15 is 0 Å². The van der Waals surface area contributed by atoms with E-state index in [2.05, 4.69) is 15.9 Å². The topological polar surface area (TPSA) is 46.6 Å². The van der Waals surface area contributed by atoms with E-state index in [9.17, 15) is 14.0 Å². The van der Waals surface area contributed by atoms with Gasteiger partial charge in [0, 0.05) is 23.5 Å². The number of halogens is 2. The fraction of sp³-hybridized carbons (Fsp3) is 0.385. The van der Waals surface area contributed by atoms with Gasteiger partial charge in [0.15, 0.2) is 0 Å². The first kappa shape index (κ1) is 12.6. The van der Waals surface area contributed by atoms with Crippen LogP contribution < -0.4 is 0 Å². The van der Waals surface area contributed by atoms with Crippen LogP contribution in [0.3, 0.4) is 0 Å². The third kappa shape index (κ3) is 1.85. The summed E-state index contributed by atoms with van der Waals surface area (Å²) in [4.78, 5) is 28.1. The normalized spacial score (nSPS) is 19.3. The number of benzene rings is 1. The van der Waals surface area contributed by atoms with Crippen molar-refractivity contribution in [2.45, 2.75) is 25.2 Å². The molecule has 100 valence electrons. The first-order valence-electron chi connectivity index (χ1n) is 5.93. The summed E-state index contributed by atoms with van der Waals surface area (Å²) in [5.41, 5.74) is 0.341. The maximum atomic E-state index is 14.3. The quantitative estimate of drug-likeness (QED) is 0.796. The second-order valence-corrected chi connectivity index (χ2v) is 5.84. The number of amides is 1. The van der Waals surface area contributed by atoms with Crippen LogP contribution in [-0.2, 0) is 15.0 Å². The third-order valence-electron chi connectivity index (χ3n) is 3.62. The molecule has 19 heavy (non-hydrogen) atoms. The van der Waals surface area contributed by atoms with Gasteiger partial charge in [-0.3, -0.25) is 9.59 Å². The van der Waals surface area contributed by atoms with Gasteiger partial charge in [0.05, 0.1) is 11.0 Å². The van der Waals surface area contributed by atoms with E-state index in [1.54, 1.807) is 6.07 Å². The third-order valence-corrected chi connectivity index (χ3v) is 4.23. The summed E-state index contributed by atoms with van der Waals surface area (Å²) in [6, 6.07) is 3.07. The van der Waals surface area contributed by atoms with E-state index in [4.69, 9.17) is 4.84 Å². The number of hydrogen-bond acceptors (Lipinski definition) is 3. The van der Waals surface area contributed by atoms with E-state index in [0.717, 1.165) is 17.9 Å². The van der Waals surface area contributed by atoms with Gasteiger partial charge in [0.2, 0.25) is 0 Å². The Morgan fingerprint density at radius 2 is 2.16 bits per heavy atom. The molecule has 1 aromatic carbocycles. The van der Waals surface area contributed by atoms with Crippen molar-refractivity contribution in [1.29, 1.82) is 0 Å². The van der Waals surface area contributed by atoms with E-state index in [1.165, 1.54) is 13.0 Å². The van der Waals surface area contributed by atoms with Crippen LogP contribution in [0, 0.1) is 5.82 Å². The highest BCUT2D eigenvalue weighted by Gasteiger charge is 2.54. The van der Waals surface area contributed by atoms with Gasteiger partial charge in [0.25, 0.3) is 5.91 Å². The van der Waals surface area contributed by atoms with Gasteiger partial charge in [-0.25, -0.2) is 4.39 Å². The Hall–Kier alpha value is -1.43. The molecule has 3 rings (SSSR count). The van der Waals surface area contributed by atoms with Gasteiger partial charge in [-0.05, 0) is 40.9 Å². The van der Waals surface area contributed by atoms with E-state index < -0.39 is 17.3 Å². The Morgan fingerprint density at radius 1 is 1.47 bits per heavy atom. The highest BCUT2D eigenvalue weighted by Crippen LogP contribution is 2.53. The molecule has 1 amide bonds. The molecule has 6 heteroatoms. The van der Waals surface area contributed by atoms with E-state index in [1.807, 2.05) is 0 Å². The van der Waals surface area contributed by atoms with Crippen molar-refractivity contribution in [3.05, 3.63) is 33.5 Å². The number of nitrogens with zero attached hydrogens (tertiary/aromatic N) is 1. The zero-order valence-electron chi connectivity index (χ0n) is 10.2. The number of fused-ring (bicyclic) bond motifs is 2. The van der Waals surface area contributed by atoms with Crippen molar-refractivity contribution in [3.8, 4) is 0 Å². The monoisotopic (exact) mass is 327 g/mol. The van der Waals surface area contributed by atoms with E-state index in [-0.39, 0.29) is 17.9 Å². The maximum absolute atomic E-state index is 14.3. The van der Waals surface area contributed by atoms with Crippen LogP contribution >= 0.6 is 15.9 Å². The second kappa shape index (κ2) is 4.03. The highest BCUT2D eigenvalue weighted by atomic mass is 79.9. The summed E-state index contributed by atoms with van der Waals surface area (Å²) in [5, 5.41) is 1.05.